The lowest BCUT2D eigenvalue weighted by Gasteiger charge is -2.14. The molecule has 0 bridgehead atoms. The van der Waals surface area contributed by atoms with E-state index in [2.05, 4.69) is 15.6 Å². The number of benzene rings is 1. The van der Waals surface area contributed by atoms with Crippen molar-refractivity contribution in [3.63, 3.8) is 0 Å². The highest BCUT2D eigenvalue weighted by atomic mass is 35.5. The Morgan fingerprint density at radius 3 is 2.74 bits per heavy atom. The average Bonchev–Trinajstić information content (AvgIpc) is 2.62. The minimum atomic E-state index is -0.626. The zero-order chi connectivity index (χ0) is 20.0. The molecule has 0 saturated heterocycles. The predicted octanol–water partition coefficient (Wildman–Crippen LogP) is 2.19. The number of halogens is 1. The molecule has 2 aromatic rings. The molecular formula is C18H23ClN4O3S. The molecule has 1 atom stereocenters. The monoisotopic (exact) mass is 410 g/mol. The first-order valence-electron chi connectivity index (χ1n) is 8.77. The molecule has 0 spiro atoms. The van der Waals surface area contributed by atoms with E-state index in [0.29, 0.717) is 34.2 Å². The Bertz CT molecular complexity index is 900. The molecule has 1 aromatic carbocycles. The van der Waals surface area contributed by atoms with E-state index in [0.717, 1.165) is 18.2 Å². The van der Waals surface area contributed by atoms with Gasteiger partial charge in [0.2, 0.25) is 11.8 Å². The number of hydrogen-bond donors (Lipinski definition) is 2. The molecule has 0 saturated carbocycles. The van der Waals surface area contributed by atoms with Crippen LogP contribution in [0.3, 0.4) is 0 Å². The van der Waals surface area contributed by atoms with Crippen LogP contribution >= 0.6 is 23.4 Å². The van der Waals surface area contributed by atoms with E-state index < -0.39 is 6.04 Å². The van der Waals surface area contributed by atoms with Gasteiger partial charge in [0.05, 0.1) is 16.7 Å². The van der Waals surface area contributed by atoms with Crippen molar-refractivity contribution in [2.24, 2.45) is 0 Å². The van der Waals surface area contributed by atoms with Gasteiger partial charge in [0.15, 0.2) is 5.16 Å². The zero-order valence-corrected chi connectivity index (χ0v) is 17.1. The summed E-state index contributed by atoms with van der Waals surface area (Å²) < 4.78 is 1.57. The van der Waals surface area contributed by atoms with Crippen molar-refractivity contribution in [3.8, 4) is 0 Å². The van der Waals surface area contributed by atoms with Gasteiger partial charge in [0, 0.05) is 18.1 Å². The van der Waals surface area contributed by atoms with Crippen LogP contribution in [0.5, 0.6) is 0 Å². The standard InChI is InChI=1S/C18H23ClN4O3S/c1-4-8-23-17(26)13-7-6-12(19)9-14(13)22-18(23)27-10-15(24)21-11(3)16(25)20-5-2/h6-7,9,11H,4-5,8,10H2,1-3H3,(H,20,25)(H,21,24)/t11-/m1/s1. The number of thioether (sulfide) groups is 1. The van der Waals surface area contributed by atoms with E-state index >= 15 is 0 Å². The summed E-state index contributed by atoms with van der Waals surface area (Å²) in [5.41, 5.74) is 0.343. The number of hydrogen-bond acceptors (Lipinski definition) is 5. The molecule has 2 amide bonds. The molecular weight excluding hydrogens is 388 g/mol. The molecule has 0 aliphatic rings. The van der Waals surface area contributed by atoms with Crippen LogP contribution in [0.15, 0.2) is 28.2 Å². The van der Waals surface area contributed by atoms with Crippen molar-refractivity contribution in [1.82, 2.24) is 20.2 Å². The molecule has 2 N–H and O–H groups in total. The Balaban J connectivity index is 2.19. The maximum absolute atomic E-state index is 12.7. The Kier molecular flexibility index (Phi) is 7.67. The highest BCUT2D eigenvalue weighted by Crippen LogP contribution is 2.20. The Morgan fingerprint density at radius 1 is 1.33 bits per heavy atom. The molecule has 2 rings (SSSR count). The van der Waals surface area contributed by atoms with Gasteiger partial charge >= 0.3 is 0 Å². The maximum Gasteiger partial charge on any atom is 0.262 e. The summed E-state index contributed by atoms with van der Waals surface area (Å²) in [6.07, 6.45) is 0.759. The quantitative estimate of drug-likeness (QED) is 0.514. The number of carbonyl (C=O) groups is 2. The van der Waals surface area contributed by atoms with Crippen molar-refractivity contribution in [2.75, 3.05) is 12.3 Å². The van der Waals surface area contributed by atoms with E-state index in [4.69, 9.17) is 11.6 Å². The van der Waals surface area contributed by atoms with E-state index in [1.54, 1.807) is 29.7 Å². The lowest BCUT2D eigenvalue weighted by molar-refractivity contribution is -0.127. The van der Waals surface area contributed by atoms with Crippen molar-refractivity contribution in [2.45, 2.75) is 44.9 Å². The summed E-state index contributed by atoms with van der Waals surface area (Å²) in [5.74, 6) is -0.495. The second-order valence-electron chi connectivity index (χ2n) is 5.99. The Hall–Kier alpha value is -2.06. The molecule has 0 aliphatic carbocycles. The number of nitrogens with zero attached hydrogens (tertiary/aromatic N) is 2. The van der Waals surface area contributed by atoms with E-state index in [9.17, 15) is 14.4 Å². The largest absolute Gasteiger partial charge is 0.355 e. The first kappa shape index (κ1) is 21.2. The van der Waals surface area contributed by atoms with Crippen molar-refractivity contribution in [3.05, 3.63) is 33.6 Å². The van der Waals surface area contributed by atoms with Crippen molar-refractivity contribution in [1.29, 1.82) is 0 Å². The summed E-state index contributed by atoms with van der Waals surface area (Å²) >= 11 is 7.17. The van der Waals surface area contributed by atoms with Gasteiger partial charge in [-0.15, -0.1) is 0 Å². The average molecular weight is 411 g/mol. The number of rotatable bonds is 8. The second-order valence-corrected chi connectivity index (χ2v) is 7.36. The van der Waals surface area contributed by atoms with Gasteiger partial charge in [-0.25, -0.2) is 4.98 Å². The third-order valence-corrected chi connectivity index (χ3v) is 5.00. The van der Waals surface area contributed by atoms with Gasteiger partial charge in [0.1, 0.15) is 6.04 Å². The summed E-state index contributed by atoms with van der Waals surface area (Å²) in [6.45, 7) is 6.40. The second kappa shape index (κ2) is 9.75. The minimum absolute atomic E-state index is 0.0476. The van der Waals surface area contributed by atoms with Gasteiger partial charge in [-0.05, 0) is 38.5 Å². The van der Waals surface area contributed by atoms with Crippen LogP contribution in [0.4, 0.5) is 0 Å². The molecule has 27 heavy (non-hydrogen) atoms. The predicted molar refractivity (Wildman–Crippen MR) is 108 cm³/mol. The maximum atomic E-state index is 12.7. The summed E-state index contributed by atoms with van der Waals surface area (Å²) in [5, 5.41) is 6.73. The van der Waals surface area contributed by atoms with Crippen molar-refractivity contribution < 1.29 is 9.59 Å². The zero-order valence-electron chi connectivity index (χ0n) is 15.5. The van der Waals surface area contributed by atoms with Gasteiger partial charge in [-0.3, -0.25) is 19.0 Å². The van der Waals surface area contributed by atoms with Gasteiger partial charge in [-0.2, -0.15) is 0 Å². The molecule has 1 heterocycles. The van der Waals surface area contributed by atoms with Crippen LogP contribution in [0.2, 0.25) is 5.02 Å². The molecule has 1 aromatic heterocycles. The third kappa shape index (κ3) is 5.46. The molecule has 0 radical (unpaired) electrons. The highest BCUT2D eigenvalue weighted by Gasteiger charge is 2.17. The number of fused-ring (bicyclic) bond motifs is 1. The number of likely N-dealkylation sites (N-methyl/N-ethyl adjacent to an activating group) is 1. The van der Waals surface area contributed by atoms with E-state index in [1.165, 1.54) is 0 Å². The Morgan fingerprint density at radius 2 is 2.07 bits per heavy atom. The SMILES string of the molecule is CCCn1c(SCC(=O)N[C@H](C)C(=O)NCC)nc2cc(Cl)ccc2c1=O. The fourth-order valence-corrected chi connectivity index (χ4v) is 3.51. The van der Waals surface area contributed by atoms with Crippen LogP contribution < -0.4 is 16.2 Å². The van der Waals surface area contributed by atoms with Crippen LogP contribution in [-0.4, -0.2) is 39.7 Å². The first-order valence-corrected chi connectivity index (χ1v) is 10.1. The number of aromatic nitrogens is 2. The Labute approximate surface area is 166 Å². The molecule has 9 heteroatoms. The molecule has 0 unspecified atom stereocenters. The van der Waals surface area contributed by atoms with Crippen LogP contribution in [0, 0.1) is 0 Å². The fraction of sp³-hybridized carbons (Fsp3) is 0.444. The number of nitrogens with one attached hydrogen (secondary N) is 2. The number of carbonyl (C=O) groups excluding carboxylic acids is 2. The van der Waals surface area contributed by atoms with E-state index in [-0.39, 0.29) is 23.1 Å². The van der Waals surface area contributed by atoms with Gasteiger partial charge in [0.25, 0.3) is 5.56 Å². The van der Waals surface area contributed by atoms with Gasteiger partial charge in [-0.1, -0.05) is 30.3 Å². The first-order chi connectivity index (χ1) is 12.9. The third-order valence-electron chi connectivity index (χ3n) is 3.78. The normalized spacial score (nSPS) is 12.0. The highest BCUT2D eigenvalue weighted by molar-refractivity contribution is 7.99. The minimum Gasteiger partial charge on any atom is -0.355 e. The fourth-order valence-electron chi connectivity index (χ4n) is 2.51. The summed E-state index contributed by atoms with van der Waals surface area (Å²) in [7, 11) is 0. The van der Waals surface area contributed by atoms with Crippen molar-refractivity contribution >= 4 is 46.1 Å². The topological polar surface area (TPSA) is 93.1 Å². The molecule has 146 valence electrons. The lowest BCUT2D eigenvalue weighted by Crippen LogP contribution is -2.45. The van der Waals surface area contributed by atoms with Crippen LogP contribution in [0.25, 0.3) is 10.9 Å². The lowest BCUT2D eigenvalue weighted by atomic mass is 10.2. The van der Waals surface area contributed by atoms with E-state index in [1.807, 2.05) is 13.8 Å². The number of amides is 2. The molecule has 0 fully saturated rings. The summed E-state index contributed by atoms with van der Waals surface area (Å²) in [4.78, 5) is 41.1. The van der Waals surface area contributed by atoms with Gasteiger partial charge < -0.3 is 10.6 Å². The summed E-state index contributed by atoms with van der Waals surface area (Å²) in [6, 6.07) is 4.33. The van der Waals surface area contributed by atoms with Crippen LogP contribution in [-0.2, 0) is 16.1 Å². The molecule has 7 nitrogen and oxygen atoms in total. The van der Waals surface area contributed by atoms with Crippen LogP contribution in [0.1, 0.15) is 27.2 Å². The smallest absolute Gasteiger partial charge is 0.262 e. The molecule has 0 aliphatic heterocycles.